The predicted octanol–water partition coefficient (Wildman–Crippen LogP) is 2.41. The lowest BCUT2D eigenvalue weighted by Gasteiger charge is -1.95. The van der Waals surface area contributed by atoms with Crippen molar-refractivity contribution in [2.75, 3.05) is 0 Å². The molecule has 0 N–H and O–H groups in total. The summed E-state index contributed by atoms with van der Waals surface area (Å²) in [4.78, 5) is 4.18. The zero-order valence-corrected chi connectivity index (χ0v) is 7.67. The summed E-state index contributed by atoms with van der Waals surface area (Å²) < 4.78 is 3.01. The van der Waals surface area contributed by atoms with Crippen LogP contribution >= 0.6 is 15.9 Å². The quantitative estimate of drug-likeness (QED) is 0.653. The van der Waals surface area contributed by atoms with Crippen LogP contribution in [0.3, 0.4) is 0 Å². The number of hydrogen-bond acceptors (Lipinski definition) is 1. The first-order valence-electron chi connectivity index (χ1n) is 3.36. The number of rotatable bonds is 0. The average molecular weight is 211 g/mol. The second-order valence-electron chi connectivity index (χ2n) is 2.52. The molecule has 2 heterocycles. The minimum Gasteiger partial charge on any atom is -0.294 e. The van der Waals surface area contributed by atoms with Gasteiger partial charge in [-0.2, -0.15) is 0 Å². The zero-order valence-electron chi connectivity index (χ0n) is 6.08. The molecule has 0 atom stereocenters. The number of pyridine rings is 1. The normalized spacial score (nSPS) is 10.7. The van der Waals surface area contributed by atoms with Gasteiger partial charge < -0.3 is 0 Å². The van der Waals surface area contributed by atoms with Gasteiger partial charge in [0.1, 0.15) is 10.3 Å². The van der Waals surface area contributed by atoms with Gasteiger partial charge in [0.25, 0.3) is 0 Å². The molecule has 0 amide bonds. The van der Waals surface area contributed by atoms with Crippen LogP contribution in [0.1, 0.15) is 5.56 Å². The molecule has 0 unspecified atom stereocenters. The highest BCUT2D eigenvalue weighted by Crippen LogP contribution is 2.13. The van der Waals surface area contributed by atoms with Crippen LogP contribution < -0.4 is 0 Å². The molecule has 11 heavy (non-hydrogen) atoms. The smallest absolute Gasteiger partial charge is 0.137 e. The number of halogens is 1. The highest BCUT2D eigenvalue weighted by atomic mass is 79.9. The van der Waals surface area contributed by atoms with Gasteiger partial charge in [-0.25, -0.2) is 4.98 Å². The molecule has 0 aliphatic carbocycles. The van der Waals surface area contributed by atoms with Gasteiger partial charge in [0.05, 0.1) is 6.20 Å². The first-order valence-corrected chi connectivity index (χ1v) is 4.16. The number of aryl methyl sites for hydroxylation is 1. The van der Waals surface area contributed by atoms with E-state index >= 15 is 0 Å². The summed E-state index contributed by atoms with van der Waals surface area (Å²) in [5, 5.41) is 0. The van der Waals surface area contributed by atoms with E-state index in [1.807, 2.05) is 16.7 Å². The van der Waals surface area contributed by atoms with E-state index in [9.17, 15) is 0 Å². The van der Waals surface area contributed by atoms with Crippen molar-refractivity contribution < 1.29 is 0 Å². The van der Waals surface area contributed by atoms with Crippen LogP contribution in [0.4, 0.5) is 0 Å². The monoisotopic (exact) mass is 210 g/mol. The second kappa shape index (κ2) is 2.34. The van der Waals surface area contributed by atoms with Crippen molar-refractivity contribution in [2.45, 2.75) is 6.92 Å². The highest BCUT2D eigenvalue weighted by Gasteiger charge is 1.97. The van der Waals surface area contributed by atoms with Crippen molar-refractivity contribution in [1.29, 1.82) is 0 Å². The van der Waals surface area contributed by atoms with Crippen LogP contribution in [0.25, 0.3) is 5.65 Å². The van der Waals surface area contributed by atoms with Crippen molar-refractivity contribution in [3.8, 4) is 0 Å². The van der Waals surface area contributed by atoms with Gasteiger partial charge in [-0.3, -0.25) is 4.40 Å². The van der Waals surface area contributed by atoms with Crippen LogP contribution in [0.2, 0.25) is 0 Å². The van der Waals surface area contributed by atoms with Crippen LogP contribution in [-0.4, -0.2) is 9.38 Å². The van der Waals surface area contributed by atoms with Crippen LogP contribution in [0, 0.1) is 6.92 Å². The molecule has 56 valence electrons. The van der Waals surface area contributed by atoms with E-state index in [1.165, 1.54) is 5.56 Å². The number of imidazole rings is 1. The molecule has 2 aromatic heterocycles. The Morgan fingerprint density at radius 2 is 2.27 bits per heavy atom. The molecule has 0 saturated heterocycles. The first-order chi connectivity index (χ1) is 5.27. The van der Waals surface area contributed by atoms with Gasteiger partial charge in [0, 0.05) is 6.20 Å². The molecular weight excluding hydrogens is 204 g/mol. The lowest BCUT2D eigenvalue weighted by atomic mass is 10.3. The molecule has 0 aromatic carbocycles. The molecule has 2 nitrogen and oxygen atoms in total. The standard InChI is InChI=1S/C8H7BrN2/c1-6-2-3-8-10-4-7(9)11(8)5-6/h2-5H,1H3. The van der Waals surface area contributed by atoms with E-state index in [0.29, 0.717) is 0 Å². The Kier molecular flexibility index (Phi) is 1.46. The molecule has 0 radical (unpaired) electrons. The van der Waals surface area contributed by atoms with Gasteiger partial charge in [0.2, 0.25) is 0 Å². The second-order valence-corrected chi connectivity index (χ2v) is 3.33. The van der Waals surface area contributed by atoms with Crippen LogP contribution in [-0.2, 0) is 0 Å². The fourth-order valence-corrected chi connectivity index (χ4v) is 1.44. The number of fused-ring (bicyclic) bond motifs is 1. The van der Waals surface area contributed by atoms with Crippen molar-refractivity contribution in [3.05, 3.63) is 34.7 Å². The third kappa shape index (κ3) is 1.05. The van der Waals surface area contributed by atoms with E-state index in [-0.39, 0.29) is 0 Å². The minimum absolute atomic E-state index is 0.975. The maximum Gasteiger partial charge on any atom is 0.137 e. The first kappa shape index (κ1) is 6.85. The van der Waals surface area contributed by atoms with Crippen molar-refractivity contribution in [2.24, 2.45) is 0 Å². The Labute approximate surface area is 73.0 Å². The SMILES string of the molecule is Cc1ccc2ncc(Br)n2c1. The van der Waals surface area contributed by atoms with Gasteiger partial charge in [-0.1, -0.05) is 6.07 Å². The molecule has 0 aliphatic rings. The predicted molar refractivity (Wildman–Crippen MR) is 47.6 cm³/mol. The minimum atomic E-state index is 0.975. The van der Waals surface area contributed by atoms with Gasteiger partial charge in [-0.05, 0) is 34.5 Å². The lowest BCUT2D eigenvalue weighted by Crippen LogP contribution is -1.84. The van der Waals surface area contributed by atoms with Crippen molar-refractivity contribution in [1.82, 2.24) is 9.38 Å². The summed E-state index contributed by atoms with van der Waals surface area (Å²) in [6.07, 6.45) is 3.85. The highest BCUT2D eigenvalue weighted by molar-refractivity contribution is 9.10. The fourth-order valence-electron chi connectivity index (χ4n) is 1.06. The van der Waals surface area contributed by atoms with E-state index in [0.717, 1.165) is 10.3 Å². The molecule has 0 spiro atoms. The average Bonchev–Trinajstić information content (AvgIpc) is 2.33. The third-order valence-electron chi connectivity index (χ3n) is 1.61. The van der Waals surface area contributed by atoms with Crippen molar-refractivity contribution in [3.63, 3.8) is 0 Å². The summed E-state index contributed by atoms with van der Waals surface area (Å²) in [6, 6.07) is 4.05. The number of hydrogen-bond donors (Lipinski definition) is 0. The summed E-state index contributed by atoms with van der Waals surface area (Å²) >= 11 is 3.40. The van der Waals surface area contributed by atoms with Gasteiger partial charge >= 0.3 is 0 Å². The molecule has 2 rings (SSSR count). The topological polar surface area (TPSA) is 17.3 Å². The molecule has 0 aliphatic heterocycles. The summed E-state index contributed by atoms with van der Waals surface area (Å²) in [5.74, 6) is 0. The Balaban J connectivity index is 2.87. The maximum atomic E-state index is 4.18. The zero-order chi connectivity index (χ0) is 7.84. The molecule has 0 saturated carbocycles. The van der Waals surface area contributed by atoms with Gasteiger partial charge in [0.15, 0.2) is 0 Å². The summed E-state index contributed by atoms with van der Waals surface area (Å²) in [7, 11) is 0. The Hall–Kier alpha value is -0.830. The molecule has 2 aromatic rings. The summed E-state index contributed by atoms with van der Waals surface area (Å²) in [5.41, 5.74) is 2.21. The van der Waals surface area contributed by atoms with E-state index < -0.39 is 0 Å². The Bertz CT molecular complexity index is 392. The van der Waals surface area contributed by atoms with Crippen LogP contribution in [0.15, 0.2) is 29.1 Å². The largest absolute Gasteiger partial charge is 0.294 e. The van der Waals surface area contributed by atoms with E-state index in [1.54, 1.807) is 6.20 Å². The fraction of sp³-hybridized carbons (Fsp3) is 0.125. The molecule has 0 bridgehead atoms. The maximum absolute atomic E-state index is 4.18. The van der Waals surface area contributed by atoms with E-state index in [4.69, 9.17) is 0 Å². The third-order valence-corrected chi connectivity index (χ3v) is 2.20. The number of nitrogens with zero attached hydrogens (tertiary/aromatic N) is 2. The van der Waals surface area contributed by atoms with Gasteiger partial charge in [-0.15, -0.1) is 0 Å². The Morgan fingerprint density at radius 3 is 3.09 bits per heavy atom. The Morgan fingerprint density at radius 1 is 1.45 bits per heavy atom. The molecule has 0 fully saturated rings. The van der Waals surface area contributed by atoms with Crippen molar-refractivity contribution >= 4 is 21.6 Å². The number of aromatic nitrogens is 2. The van der Waals surface area contributed by atoms with Crippen LogP contribution in [0.5, 0.6) is 0 Å². The molecular formula is C8H7BrN2. The lowest BCUT2D eigenvalue weighted by molar-refractivity contribution is 1.13. The van der Waals surface area contributed by atoms with E-state index in [2.05, 4.69) is 33.9 Å². The molecule has 3 heteroatoms. The summed E-state index contributed by atoms with van der Waals surface area (Å²) in [6.45, 7) is 2.06.